The summed E-state index contributed by atoms with van der Waals surface area (Å²) < 4.78 is 17.8. The first-order valence-corrected chi connectivity index (χ1v) is 7.30. The quantitative estimate of drug-likeness (QED) is 0.263. The molecule has 0 heterocycles. The van der Waals surface area contributed by atoms with Gasteiger partial charge in [-0.05, 0) is 43.3 Å². The Labute approximate surface area is 142 Å². The fourth-order valence-electron chi connectivity index (χ4n) is 2.07. The van der Waals surface area contributed by atoms with E-state index in [-0.39, 0.29) is 16.8 Å². The van der Waals surface area contributed by atoms with Crippen molar-refractivity contribution in [2.75, 3.05) is 0 Å². The smallest absolute Gasteiger partial charge is 0.331 e. The number of benzene rings is 2. The maximum absolute atomic E-state index is 12.9. The van der Waals surface area contributed by atoms with Crippen molar-refractivity contribution < 1.29 is 23.6 Å². The molecular formula is C18H14FNO5. The lowest BCUT2D eigenvalue weighted by Crippen LogP contribution is -2.23. The highest BCUT2D eigenvalue weighted by Gasteiger charge is 2.18. The van der Waals surface area contributed by atoms with E-state index in [4.69, 9.17) is 4.74 Å². The van der Waals surface area contributed by atoms with E-state index in [2.05, 4.69) is 0 Å². The standard InChI is InChI=1S/C18H14FNO5/c1-12(18(22)14-6-9-15(19)10-7-14)25-17(21)11-8-13-4-2-3-5-16(13)20(23)24/h2-12H,1H3/b11-8+/t12-/m0/s1. The third-order valence-electron chi connectivity index (χ3n) is 3.32. The van der Waals surface area contributed by atoms with E-state index in [1.165, 1.54) is 43.3 Å². The summed E-state index contributed by atoms with van der Waals surface area (Å²) in [4.78, 5) is 34.2. The number of Topliss-reactive ketones (excluding diaryl/α,β-unsaturated/α-hetero) is 1. The first-order chi connectivity index (χ1) is 11.9. The predicted molar refractivity (Wildman–Crippen MR) is 88.4 cm³/mol. The van der Waals surface area contributed by atoms with Crippen molar-refractivity contribution in [2.45, 2.75) is 13.0 Å². The SMILES string of the molecule is C[C@H](OC(=O)/C=C/c1ccccc1[N+](=O)[O-])C(=O)c1ccc(F)cc1. The van der Waals surface area contributed by atoms with E-state index >= 15 is 0 Å². The highest BCUT2D eigenvalue weighted by Crippen LogP contribution is 2.19. The first-order valence-electron chi connectivity index (χ1n) is 7.30. The molecule has 0 saturated heterocycles. The van der Waals surface area contributed by atoms with E-state index < -0.39 is 28.6 Å². The maximum Gasteiger partial charge on any atom is 0.331 e. The second-order valence-corrected chi connectivity index (χ2v) is 5.10. The van der Waals surface area contributed by atoms with Crippen LogP contribution in [0.5, 0.6) is 0 Å². The van der Waals surface area contributed by atoms with Gasteiger partial charge in [0.15, 0.2) is 6.10 Å². The molecule has 128 valence electrons. The molecule has 0 bridgehead atoms. The number of carbonyl (C=O) groups is 2. The number of carbonyl (C=O) groups excluding carboxylic acids is 2. The molecule has 0 aliphatic carbocycles. The van der Waals surface area contributed by atoms with Crippen molar-refractivity contribution in [3.8, 4) is 0 Å². The fourth-order valence-corrected chi connectivity index (χ4v) is 2.07. The number of ether oxygens (including phenoxy) is 1. The van der Waals surface area contributed by atoms with Gasteiger partial charge in [-0.2, -0.15) is 0 Å². The van der Waals surface area contributed by atoms with Gasteiger partial charge in [0.25, 0.3) is 5.69 Å². The van der Waals surface area contributed by atoms with Crippen molar-refractivity contribution in [2.24, 2.45) is 0 Å². The van der Waals surface area contributed by atoms with Crippen molar-refractivity contribution in [3.05, 3.63) is 81.7 Å². The molecule has 0 fully saturated rings. The first kappa shape index (κ1) is 18.0. The molecule has 0 spiro atoms. The second kappa shape index (κ2) is 7.96. The lowest BCUT2D eigenvalue weighted by atomic mass is 10.1. The lowest BCUT2D eigenvalue weighted by molar-refractivity contribution is -0.385. The van der Waals surface area contributed by atoms with Gasteiger partial charge in [-0.1, -0.05) is 12.1 Å². The van der Waals surface area contributed by atoms with E-state index in [9.17, 15) is 24.1 Å². The van der Waals surface area contributed by atoms with Crippen LogP contribution in [0.3, 0.4) is 0 Å². The molecule has 0 aliphatic rings. The molecule has 0 radical (unpaired) electrons. The van der Waals surface area contributed by atoms with Gasteiger partial charge in [0.05, 0.1) is 10.5 Å². The summed E-state index contributed by atoms with van der Waals surface area (Å²) in [5.74, 6) is -1.78. The van der Waals surface area contributed by atoms with Crippen molar-refractivity contribution >= 4 is 23.5 Å². The molecule has 1 atom stereocenters. The zero-order valence-electron chi connectivity index (χ0n) is 13.2. The third-order valence-corrected chi connectivity index (χ3v) is 3.32. The average Bonchev–Trinajstić information content (AvgIpc) is 2.60. The van der Waals surface area contributed by atoms with E-state index in [0.29, 0.717) is 0 Å². The summed E-state index contributed by atoms with van der Waals surface area (Å²) in [6.45, 7) is 1.39. The van der Waals surface area contributed by atoms with E-state index in [1.807, 2.05) is 0 Å². The minimum atomic E-state index is -1.08. The molecule has 25 heavy (non-hydrogen) atoms. The summed E-state index contributed by atoms with van der Waals surface area (Å²) in [6, 6.07) is 10.8. The number of hydrogen-bond acceptors (Lipinski definition) is 5. The van der Waals surface area contributed by atoms with Crippen LogP contribution in [-0.2, 0) is 9.53 Å². The summed E-state index contributed by atoms with van der Waals surface area (Å²) >= 11 is 0. The summed E-state index contributed by atoms with van der Waals surface area (Å²) in [5, 5.41) is 10.9. The van der Waals surface area contributed by atoms with Gasteiger partial charge in [0, 0.05) is 17.7 Å². The number of nitrogens with zero attached hydrogens (tertiary/aromatic N) is 1. The number of ketones is 1. The van der Waals surface area contributed by atoms with Gasteiger partial charge in [-0.15, -0.1) is 0 Å². The number of rotatable bonds is 6. The van der Waals surface area contributed by atoms with Gasteiger partial charge in [-0.25, -0.2) is 9.18 Å². The molecule has 2 rings (SSSR count). The molecule has 0 unspecified atom stereocenters. The molecule has 7 heteroatoms. The molecule has 0 saturated carbocycles. The van der Waals surface area contributed by atoms with Crippen molar-refractivity contribution in [1.29, 1.82) is 0 Å². The molecule has 0 aromatic heterocycles. The zero-order chi connectivity index (χ0) is 18.4. The largest absolute Gasteiger partial charge is 0.451 e. The number of nitro groups is 1. The van der Waals surface area contributed by atoms with Crippen LogP contribution in [0.4, 0.5) is 10.1 Å². The minimum Gasteiger partial charge on any atom is -0.451 e. The van der Waals surface area contributed by atoms with Gasteiger partial charge in [-0.3, -0.25) is 14.9 Å². The Balaban J connectivity index is 2.03. The molecule has 2 aromatic carbocycles. The second-order valence-electron chi connectivity index (χ2n) is 5.10. The van der Waals surface area contributed by atoms with Crippen LogP contribution in [0, 0.1) is 15.9 Å². The Bertz CT molecular complexity index is 830. The number of esters is 1. The average molecular weight is 343 g/mol. The van der Waals surface area contributed by atoms with Crippen molar-refractivity contribution in [1.82, 2.24) is 0 Å². The minimum absolute atomic E-state index is 0.151. The van der Waals surface area contributed by atoms with Crippen LogP contribution in [0.1, 0.15) is 22.8 Å². The highest BCUT2D eigenvalue weighted by atomic mass is 19.1. The maximum atomic E-state index is 12.9. The Kier molecular flexibility index (Phi) is 5.73. The van der Waals surface area contributed by atoms with Crippen LogP contribution in [0.15, 0.2) is 54.6 Å². The topological polar surface area (TPSA) is 86.5 Å². The Morgan fingerprint density at radius 3 is 2.44 bits per heavy atom. The number of hydrogen-bond donors (Lipinski definition) is 0. The Morgan fingerprint density at radius 2 is 1.80 bits per heavy atom. The molecule has 0 aliphatic heterocycles. The number of halogens is 1. The summed E-state index contributed by atoms with van der Waals surface area (Å²) in [5.41, 5.74) is 0.299. The van der Waals surface area contributed by atoms with Crippen LogP contribution in [-0.4, -0.2) is 22.8 Å². The Hall–Kier alpha value is -3.35. The fraction of sp³-hybridized carbons (Fsp3) is 0.111. The third kappa shape index (κ3) is 4.81. The molecule has 0 amide bonds. The van der Waals surface area contributed by atoms with E-state index in [0.717, 1.165) is 18.2 Å². The lowest BCUT2D eigenvalue weighted by Gasteiger charge is -2.10. The van der Waals surface area contributed by atoms with Gasteiger partial charge >= 0.3 is 5.97 Å². The zero-order valence-corrected chi connectivity index (χ0v) is 13.2. The van der Waals surface area contributed by atoms with Crippen LogP contribution in [0.25, 0.3) is 6.08 Å². The van der Waals surface area contributed by atoms with Gasteiger partial charge in [0.1, 0.15) is 5.82 Å². The molecule has 6 nitrogen and oxygen atoms in total. The Morgan fingerprint density at radius 1 is 1.16 bits per heavy atom. The van der Waals surface area contributed by atoms with Crippen LogP contribution in [0.2, 0.25) is 0 Å². The molecular weight excluding hydrogens is 329 g/mol. The van der Waals surface area contributed by atoms with Crippen LogP contribution >= 0.6 is 0 Å². The molecule has 0 N–H and O–H groups in total. The summed E-state index contributed by atoms with van der Waals surface area (Å²) in [7, 11) is 0. The van der Waals surface area contributed by atoms with Gasteiger partial charge in [0.2, 0.25) is 5.78 Å². The monoisotopic (exact) mass is 343 g/mol. The van der Waals surface area contributed by atoms with E-state index in [1.54, 1.807) is 6.07 Å². The number of para-hydroxylation sites is 1. The normalized spacial score (nSPS) is 11.9. The summed E-state index contributed by atoms with van der Waals surface area (Å²) in [6.07, 6.45) is 1.18. The molecule has 2 aromatic rings. The highest BCUT2D eigenvalue weighted by molar-refractivity contribution is 6.01. The van der Waals surface area contributed by atoms with Crippen molar-refractivity contribution in [3.63, 3.8) is 0 Å². The predicted octanol–water partition coefficient (Wildman–Crippen LogP) is 3.56. The van der Waals surface area contributed by atoms with Crippen LogP contribution < -0.4 is 0 Å². The van der Waals surface area contributed by atoms with Gasteiger partial charge < -0.3 is 4.74 Å². The number of nitro benzene ring substituents is 1.